The van der Waals surface area contributed by atoms with Gasteiger partial charge in [-0.3, -0.25) is 4.79 Å². The molecule has 6 nitrogen and oxygen atoms in total. The molecule has 1 aromatic rings. The molecular weight excluding hydrogens is 290 g/mol. The Morgan fingerprint density at radius 2 is 2.10 bits per heavy atom. The van der Waals surface area contributed by atoms with Gasteiger partial charge in [-0.1, -0.05) is 12.1 Å². The van der Waals surface area contributed by atoms with Crippen molar-refractivity contribution in [1.82, 2.24) is 9.21 Å². The molecule has 2 saturated heterocycles. The molecule has 1 atom stereocenters. The van der Waals surface area contributed by atoms with Crippen LogP contribution in [0.4, 0.5) is 5.69 Å². The fourth-order valence-corrected chi connectivity index (χ4v) is 4.43. The summed E-state index contributed by atoms with van der Waals surface area (Å²) in [7, 11) is -3.60. The van der Waals surface area contributed by atoms with Crippen molar-refractivity contribution >= 4 is 21.6 Å². The summed E-state index contributed by atoms with van der Waals surface area (Å²) in [4.78, 5) is 16.8. The predicted molar refractivity (Wildman–Crippen MR) is 76.2 cm³/mol. The molecule has 1 aromatic carbocycles. The zero-order valence-electron chi connectivity index (χ0n) is 11.4. The minimum Gasteiger partial charge on any atom is -0.337 e. The highest BCUT2D eigenvalue weighted by atomic mass is 32.2. The maximum atomic E-state index is 12.6. The van der Waals surface area contributed by atoms with Crippen molar-refractivity contribution in [2.24, 2.45) is 0 Å². The number of hydrogen-bond acceptors (Lipinski definition) is 3. The maximum Gasteiger partial charge on any atom is 0.241 e. The lowest BCUT2D eigenvalue weighted by atomic mass is 10.2. The number of piperazine rings is 1. The lowest BCUT2D eigenvalue weighted by Gasteiger charge is -2.36. The molecule has 3 rings (SSSR count). The molecule has 2 aliphatic heterocycles. The van der Waals surface area contributed by atoms with Crippen molar-refractivity contribution in [2.45, 2.75) is 23.8 Å². The zero-order valence-corrected chi connectivity index (χ0v) is 12.2. The number of amides is 1. The van der Waals surface area contributed by atoms with E-state index in [1.807, 2.05) is 0 Å². The Hall–Kier alpha value is -1.91. The summed E-state index contributed by atoms with van der Waals surface area (Å²) in [6.07, 6.45) is 1.22. The molecule has 2 fully saturated rings. The van der Waals surface area contributed by atoms with Crippen molar-refractivity contribution < 1.29 is 13.2 Å². The van der Waals surface area contributed by atoms with Gasteiger partial charge in [-0.15, -0.1) is 0 Å². The topological polar surface area (TPSA) is 62.1 Å². The molecule has 21 heavy (non-hydrogen) atoms. The monoisotopic (exact) mass is 305 g/mol. The molecule has 7 heteroatoms. The molecule has 2 heterocycles. The average molecular weight is 305 g/mol. The summed E-state index contributed by atoms with van der Waals surface area (Å²) in [5.41, 5.74) is 0.311. The molecule has 0 saturated carbocycles. The van der Waals surface area contributed by atoms with Gasteiger partial charge in [0.25, 0.3) is 0 Å². The zero-order chi connectivity index (χ0) is 15.0. The van der Waals surface area contributed by atoms with Crippen LogP contribution >= 0.6 is 0 Å². The number of sulfonamides is 1. The van der Waals surface area contributed by atoms with E-state index in [0.717, 1.165) is 0 Å². The lowest BCUT2D eigenvalue weighted by Crippen LogP contribution is -2.53. The van der Waals surface area contributed by atoms with Crippen LogP contribution in [-0.2, 0) is 14.8 Å². The summed E-state index contributed by atoms with van der Waals surface area (Å²) in [5.74, 6) is 0.118. The highest BCUT2D eigenvalue weighted by Gasteiger charge is 2.39. The van der Waals surface area contributed by atoms with E-state index in [1.165, 1.54) is 16.4 Å². The van der Waals surface area contributed by atoms with Crippen molar-refractivity contribution in [1.29, 1.82) is 0 Å². The van der Waals surface area contributed by atoms with Crippen LogP contribution in [-0.4, -0.2) is 49.2 Å². The molecule has 0 unspecified atom stereocenters. The average Bonchev–Trinajstić information content (AvgIpc) is 2.88. The van der Waals surface area contributed by atoms with E-state index in [0.29, 0.717) is 38.2 Å². The fraction of sp³-hybridized carbons (Fsp3) is 0.429. The molecule has 0 spiro atoms. The van der Waals surface area contributed by atoms with E-state index in [1.54, 1.807) is 17.0 Å². The largest absolute Gasteiger partial charge is 0.337 e. The number of nitrogens with zero attached hydrogens (tertiary/aromatic N) is 3. The second-order valence-electron chi connectivity index (χ2n) is 5.25. The third-order valence-electron chi connectivity index (χ3n) is 4.04. The molecule has 1 amide bonds. The lowest BCUT2D eigenvalue weighted by molar-refractivity contribution is -0.130. The van der Waals surface area contributed by atoms with Crippen LogP contribution in [0.5, 0.6) is 0 Å². The van der Waals surface area contributed by atoms with Gasteiger partial charge in [0.15, 0.2) is 5.69 Å². The highest BCUT2D eigenvalue weighted by molar-refractivity contribution is 7.89. The molecule has 0 N–H and O–H groups in total. The van der Waals surface area contributed by atoms with Gasteiger partial charge in [0.2, 0.25) is 15.9 Å². The Morgan fingerprint density at radius 3 is 2.86 bits per heavy atom. The summed E-state index contributed by atoms with van der Waals surface area (Å²) in [6, 6.07) is 6.06. The molecular formula is C14H15N3O3S. The van der Waals surface area contributed by atoms with Gasteiger partial charge < -0.3 is 4.90 Å². The quantitative estimate of drug-likeness (QED) is 0.772. The van der Waals surface area contributed by atoms with Gasteiger partial charge in [-0.2, -0.15) is 4.31 Å². The SMILES string of the molecule is [C-]#[N+]c1cccc(S(=O)(=O)N2CCN3C(=O)CC[C@@H]3C2)c1. The Bertz CT molecular complexity index is 723. The normalized spacial score (nSPS) is 22.9. The molecule has 0 aliphatic carbocycles. The Balaban J connectivity index is 1.86. The first-order valence-electron chi connectivity index (χ1n) is 6.79. The second kappa shape index (κ2) is 5.13. The van der Waals surface area contributed by atoms with Crippen molar-refractivity contribution in [3.05, 3.63) is 35.7 Å². The maximum absolute atomic E-state index is 12.6. The van der Waals surface area contributed by atoms with Crippen LogP contribution in [0, 0.1) is 6.57 Å². The molecule has 0 aromatic heterocycles. The van der Waals surface area contributed by atoms with Crippen LogP contribution in [0.1, 0.15) is 12.8 Å². The first-order valence-corrected chi connectivity index (χ1v) is 8.23. The van der Waals surface area contributed by atoms with E-state index < -0.39 is 10.0 Å². The van der Waals surface area contributed by atoms with Crippen molar-refractivity contribution in [3.8, 4) is 0 Å². The first kappa shape index (κ1) is 14.0. The van der Waals surface area contributed by atoms with Gasteiger partial charge in [0.1, 0.15) is 0 Å². The molecule has 2 aliphatic rings. The van der Waals surface area contributed by atoms with Gasteiger partial charge >= 0.3 is 0 Å². The number of fused-ring (bicyclic) bond motifs is 1. The Morgan fingerprint density at radius 1 is 1.29 bits per heavy atom. The van der Waals surface area contributed by atoms with Crippen LogP contribution < -0.4 is 0 Å². The number of carbonyl (C=O) groups is 1. The number of carbonyl (C=O) groups excluding carboxylic acids is 1. The van der Waals surface area contributed by atoms with Gasteiger partial charge in [0.05, 0.1) is 11.5 Å². The summed E-state index contributed by atoms with van der Waals surface area (Å²) in [5, 5.41) is 0. The van der Waals surface area contributed by atoms with Crippen molar-refractivity contribution in [2.75, 3.05) is 19.6 Å². The Kier molecular flexibility index (Phi) is 3.43. The molecule has 0 bridgehead atoms. The summed E-state index contributed by atoms with van der Waals surface area (Å²) >= 11 is 0. The highest BCUT2D eigenvalue weighted by Crippen LogP contribution is 2.27. The van der Waals surface area contributed by atoms with Crippen LogP contribution in [0.15, 0.2) is 29.2 Å². The van der Waals surface area contributed by atoms with E-state index in [9.17, 15) is 13.2 Å². The third-order valence-corrected chi connectivity index (χ3v) is 5.90. The number of benzene rings is 1. The third kappa shape index (κ3) is 2.41. The standard InChI is InChI=1S/C14H15N3O3S/c1-15-11-3-2-4-13(9-11)21(19,20)16-7-8-17-12(10-16)5-6-14(17)18/h2-4,9,12H,5-8,10H2/t12-/m1/s1. The fourth-order valence-electron chi connectivity index (χ4n) is 2.92. The van der Waals surface area contributed by atoms with Crippen molar-refractivity contribution in [3.63, 3.8) is 0 Å². The van der Waals surface area contributed by atoms with Gasteiger partial charge in [-0.05, 0) is 18.6 Å². The smallest absolute Gasteiger partial charge is 0.241 e. The van der Waals surface area contributed by atoms with Crippen LogP contribution in [0.25, 0.3) is 4.85 Å². The van der Waals surface area contributed by atoms with Gasteiger partial charge in [0, 0.05) is 32.1 Å². The van der Waals surface area contributed by atoms with Gasteiger partial charge in [-0.25, -0.2) is 13.3 Å². The molecule has 110 valence electrons. The summed E-state index contributed by atoms with van der Waals surface area (Å²) in [6.45, 7) is 8.09. The summed E-state index contributed by atoms with van der Waals surface area (Å²) < 4.78 is 26.7. The minimum atomic E-state index is -3.60. The van der Waals surface area contributed by atoms with E-state index in [-0.39, 0.29) is 16.8 Å². The molecule has 0 radical (unpaired) electrons. The number of rotatable bonds is 2. The van der Waals surface area contributed by atoms with E-state index >= 15 is 0 Å². The van der Waals surface area contributed by atoms with Crippen LogP contribution in [0.2, 0.25) is 0 Å². The van der Waals surface area contributed by atoms with E-state index in [4.69, 9.17) is 6.57 Å². The second-order valence-corrected chi connectivity index (χ2v) is 7.19. The predicted octanol–water partition coefficient (Wildman–Crippen LogP) is 1.23. The van der Waals surface area contributed by atoms with E-state index in [2.05, 4.69) is 4.85 Å². The number of hydrogen-bond donors (Lipinski definition) is 0. The van der Waals surface area contributed by atoms with Crippen LogP contribution in [0.3, 0.4) is 0 Å². The minimum absolute atomic E-state index is 0.00919. The first-order chi connectivity index (χ1) is 10.0. The Labute approximate surface area is 123 Å².